The minimum absolute atomic E-state index is 0.0199. The standard InChI is InChI=1S/C32H36N2O7/c1-19(2)30(31(38)33-15-9-5-8-12-29(36)37)34-28(35)14-13-22-20(3)23-16-24-25(21-10-6-4-7-11-21)18-40-26(24)17-27(23)41-32(22)39/h4,6-7,10-11,16-19,30H,5,8-9,12-15H2,1-3H3,(H,33,38)(H,34,35)(H,36,37). The third kappa shape index (κ3) is 7.22. The first-order valence-corrected chi connectivity index (χ1v) is 14.0. The Kier molecular flexibility index (Phi) is 9.60. The lowest BCUT2D eigenvalue weighted by Crippen LogP contribution is -2.50. The van der Waals surface area contributed by atoms with Gasteiger partial charge in [0.25, 0.3) is 0 Å². The van der Waals surface area contributed by atoms with Crippen LogP contribution in [0.25, 0.3) is 33.1 Å². The average Bonchev–Trinajstić information content (AvgIpc) is 3.35. The molecule has 0 aliphatic heterocycles. The summed E-state index contributed by atoms with van der Waals surface area (Å²) in [5.41, 5.74) is 3.65. The van der Waals surface area contributed by atoms with Gasteiger partial charge >= 0.3 is 11.6 Å². The van der Waals surface area contributed by atoms with Crippen molar-refractivity contribution in [3.05, 3.63) is 70.3 Å². The van der Waals surface area contributed by atoms with Crippen LogP contribution in [0.1, 0.15) is 57.1 Å². The molecule has 41 heavy (non-hydrogen) atoms. The first-order valence-electron chi connectivity index (χ1n) is 14.0. The van der Waals surface area contributed by atoms with Gasteiger partial charge in [-0.25, -0.2) is 4.79 Å². The Hall–Kier alpha value is -4.40. The number of furan rings is 1. The van der Waals surface area contributed by atoms with Gasteiger partial charge in [-0.3, -0.25) is 14.4 Å². The average molecular weight is 561 g/mol. The molecule has 9 nitrogen and oxygen atoms in total. The van der Waals surface area contributed by atoms with Crippen LogP contribution in [0.3, 0.4) is 0 Å². The van der Waals surface area contributed by atoms with Crippen LogP contribution in [0.5, 0.6) is 0 Å². The molecule has 1 unspecified atom stereocenters. The van der Waals surface area contributed by atoms with Crippen LogP contribution >= 0.6 is 0 Å². The third-order valence-electron chi connectivity index (χ3n) is 7.30. The lowest BCUT2D eigenvalue weighted by molar-refractivity contribution is -0.137. The predicted octanol–water partition coefficient (Wildman–Crippen LogP) is 5.35. The molecular formula is C32H36N2O7. The molecule has 2 heterocycles. The second kappa shape index (κ2) is 13.3. The number of carboxylic acids is 1. The third-order valence-corrected chi connectivity index (χ3v) is 7.30. The number of hydrogen-bond acceptors (Lipinski definition) is 6. The van der Waals surface area contributed by atoms with E-state index in [1.807, 2.05) is 57.2 Å². The largest absolute Gasteiger partial charge is 0.481 e. The van der Waals surface area contributed by atoms with Gasteiger partial charge in [0.05, 0.1) is 6.26 Å². The molecular weight excluding hydrogens is 524 g/mol. The Balaban J connectivity index is 1.43. The summed E-state index contributed by atoms with van der Waals surface area (Å²) in [6, 6.07) is 12.8. The minimum atomic E-state index is -0.833. The topological polar surface area (TPSA) is 139 Å². The van der Waals surface area contributed by atoms with Gasteiger partial charge in [-0.15, -0.1) is 0 Å². The van der Waals surface area contributed by atoms with Gasteiger partial charge in [0.1, 0.15) is 17.2 Å². The van der Waals surface area contributed by atoms with Crippen molar-refractivity contribution >= 4 is 39.7 Å². The summed E-state index contributed by atoms with van der Waals surface area (Å²) >= 11 is 0. The maximum atomic E-state index is 12.9. The number of fused-ring (bicyclic) bond motifs is 2. The molecule has 2 aromatic carbocycles. The molecule has 3 N–H and O–H groups in total. The molecule has 0 spiro atoms. The van der Waals surface area contributed by atoms with Crippen molar-refractivity contribution in [2.24, 2.45) is 5.92 Å². The van der Waals surface area contributed by atoms with E-state index in [9.17, 15) is 19.2 Å². The van der Waals surface area contributed by atoms with E-state index in [1.54, 1.807) is 12.3 Å². The van der Waals surface area contributed by atoms with Crippen molar-refractivity contribution in [3.63, 3.8) is 0 Å². The zero-order valence-electron chi connectivity index (χ0n) is 23.6. The number of benzene rings is 2. The smallest absolute Gasteiger partial charge is 0.339 e. The molecule has 0 bridgehead atoms. The van der Waals surface area contributed by atoms with E-state index >= 15 is 0 Å². The fourth-order valence-electron chi connectivity index (χ4n) is 4.96. The quantitative estimate of drug-likeness (QED) is 0.148. The molecule has 9 heteroatoms. The second-order valence-corrected chi connectivity index (χ2v) is 10.6. The number of carboxylic acid groups (broad SMARTS) is 1. The molecule has 1 atom stereocenters. The van der Waals surface area contributed by atoms with Crippen molar-refractivity contribution in [1.82, 2.24) is 10.6 Å². The summed E-state index contributed by atoms with van der Waals surface area (Å²) in [5.74, 6) is -1.60. The summed E-state index contributed by atoms with van der Waals surface area (Å²) < 4.78 is 11.4. The minimum Gasteiger partial charge on any atom is -0.481 e. The highest BCUT2D eigenvalue weighted by molar-refractivity contribution is 6.02. The van der Waals surface area contributed by atoms with Crippen LogP contribution in [-0.2, 0) is 20.8 Å². The number of nitrogens with one attached hydrogen (secondary N) is 2. The molecule has 2 amide bonds. The molecule has 216 valence electrons. The SMILES string of the molecule is Cc1c(CCC(=O)NC(C(=O)NCCCCCC(=O)O)C(C)C)c(=O)oc2cc3occ(-c4ccccc4)c3cc12. The van der Waals surface area contributed by atoms with Crippen molar-refractivity contribution in [2.75, 3.05) is 6.54 Å². The van der Waals surface area contributed by atoms with Crippen molar-refractivity contribution < 1.29 is 28.3 Å². The second-order valence-electron chi connectivity index (χ2n) is 10.6. The molecule has 4 aromatic rings. The van der Waals surface area contributed by atoms with Gasteiger partial charge < -0.3 is 24.6 Å². The summed E-state index contributed by atoms with van der Waals surface area (Å²) in [4.78, 5) is 49.0. The molecule has 0 saturated carbocycles. The first-order chi connectivity index (χ1) is 19.7. The van der Waals surface area contributed by atoms with Crippen LogP contribution in [0, 0.1) is 12.8 Å². The van der Waals surface area contributed by atoms with Crippen LogP contribution in [0.4, 0.5) is 0 Å². The molecule has 0 radical (unpaired) electrons. The molecule has 0 fully saturated rings. The molecule has 0 aliphatic carbocycles. The lowest BCUT2D eigenvalue weighted by Gasteiger charge is -2.22. The lowest BCUT2D eigenvalue weighted by atomic mass is 9.98. The number of carbonyl (C=O) groups excluding carboxylic acids is 2. The van der Waals surface area contributed by atoms with Crippen LogP contribution in [0.2, 0.25) is 0 Å². The van der Waals surface area contributed by atoms with Crippen LogP contribution in [-0.4, -0.2) is 35.5 Å². The maximum absolute atomic E-state index is 12.9. The van der Waals surface area contributed by atoms with Crippen molar-refractivity contribution in [2.45, 2.75) is 65.3 Å². The summed E-state index contributed by atoms with van der Waals surface area (Å²) in [6.07, 6.45) is 3.89. The van der Waals surface area contributed by atoms with Gasteiger partial charge in [-0.2, -0.15) is 0 Å². The zero-order chi connectivity index (χ0) is 29.5. The number of rotatable bonds is 13. The van der Waals surface area contributed by atoms with Crippen molar-refractivity contribution in [3.8, 4) is 11.1 Å². The van der Waals surface area contributed by atoms with Gasteiger partial charge in [0.15, 0.2) is 0 Å². The van der Waals surface area contributed by atoms with Crippen LogP contribution in [0.15, 0.2) is 62.4 Å². The van der Waals surface area contributed by atoms with E-state index in [1.165, 1.54) is 0 Å². The number of unbranched alkanes of at least 4 members (excludes halogenated alkanes) is 2. The number of aliphatic carboxylic acids is 1. The van der Waals surface area contributed by atoms with Gasteiger partial charge in [-0.05, 0) is 49.3 Å². The Morgan fingerprint density at radius 2 is 1.71 bits per heavy atom. The molecule has 4 rings (SSSR count). The Bertz CT molecular complexity index is 1600. The normalized spacial score (nSPS) is 12.1. The van der Waals surface area contributed by atoms with Crippen molar-refractivity contribution in [1.29, 1.82) is 0 Å². The fraction of sp³-hybridized carbons (Fsp3) is 0.375. The van der Waals surface area contributed by atoms with Gasteiger partial charge in [-0.1, -0.05) is 50.6 Å². The Morgan fingerprint density at radius 1 is 0.951 bits per heavy atom. The van der Waals surface area contributed by atoms with E-state index in [-0.39, 0.29) is 37.0 Å². The monoisotopic (exact) mass is 560 g/mol. The number of hydrogen-bond donors (Lipinski definition) is 3. The molecule has 0 saturated heterocycles. The fourth-order valence-corrected chi connectivity index (χ4v) is 4.96. The number of aryl methyl sites for hydroxylation is 1. The van der Waals surface area contributed by atoms with Crippen LogP contribution < -0.4 is 16.3 Å². The predicted molar refractivity (Wildman–Crippen MR) is 157 cm³/mol. The van der Waals surface area contributed by atoms with E-state index in [2.05, 4.69) is 10.6 Å². The summed E-state index contributed by atoms with van der Waals surface area (Å²) in [6.45, 7) is 5.95. The highest BCUT2D eigenvalue weighted by Gasteiger charge is 2.24. The van der Waals surface area contributed by atoms with E-state index < -0.39 is 17.6 Å². The zero-order valence-corrected chi connectivity index (χ0v) is 23.6. The number of amides is 2. The molecule has 2 aromatic heterocycles. The summed E-state index contributed by atoms with van der Waals surface area (Å²) in [5, 5.41) is 16.0. The molecule has 0 aliphatic rings. The highest BCUT2D eigenvalue weighted by atomic mass is 16.4. The number of carbonyl (C=O) groups is 3. The van der Waals surface area contributed by atoms with Gasteiger partial charge in [0.2, 0.25) is 11.8 Å². The van der Waals surface area contributed by atoms with Gasteiger partial charge in [0, 0.05) is 47.4 Å². The Labute approximate surface area is 237 Å². The maximum Gasteiger partial charge on any atom is 0.339 e. The van der Waals surface area contributed by atoms with E-state index in [4.69, 9.17) is 13.9 Å². The van der Waals surface area contributed by atoms with E-state index in [0.29, 0.717) is 42.5 Å². The van der Waals surface area contributed by atoms with E-state index in [0.717, 1.165) is 27.5 Å². The summed E-state index contributed by atoms with van der Waals surface area (Å²) in [7, 11) is 0. The first kappa shape index (κ1) is 29.6. The Morgan fingerprint density at radius 3 is 2.41 bits per heavy atom. The highest BCUT2D eigenvalue weighted by Crippen LogP contribution is 2.34.